The number of piperazine rings is 1. The van der Waals surface area contributed by atoms with Crippen LogP contribution in [0.1, 0.15) is 38.8 Å². The molecule has 20 heavy (non-hydrogen) atoms. The van der Waals surface area contributed by atoms with Gasteiger partial charge in [0.15, 0.2) is 0 Å². The summed E-state index contributed by atoms with van der Waals surface area (Å²) >= 11 is 0. The molecule has 2 rings (SSSR count). The molecule has 2 N–H and O–H groups in total. The highest BCUT2D eigenvalue weighted by molar-refractivity contribution is 5.85. The molecule has 1 fully saturated rings. The highest BCUT2D eigenvalue weighted by Gasteiger charge is 2.26. The average Bonchev–Trinajstić information content (AvgIpc) is 2.47. The summed E-state index contributed by atoms with van der Waals surface area (Å²) < 4.78 is 0. The lowest BCUT2D eigenvalue weighted by molar-refractivity contribution is -0.122. The van der Waals surface area contributed by atoms with Gasteiger partial charge >= 0.3 is 0 Å². The Balaban J connectivity index is 2.14. The number of anilines is 1. The van der Waals surface area contributed by atoms with Gasteiger partial charge in [0.25, 0.3) is 0 Å². The van der Waals surface area contributed by atoms with E-state index in [0.29, 0.717) is 12.6 Å². The third kappa shape index (κ3) is 3.28. The van der Waals surface area contributed by atoms with Crippen LogP contribution in [0.25, 0.3) is 0 Å². The summed E-state index contributed by atoms with van der Waals surface area (Å²) in [4.78, 5) is 18.2. The molecule has 1 aliphatic rings. The molecule has 0 aromatic carbocycles. The average molecular weight is 276 g/mol. The fraction of sp³-hybridized carbons (Fsp3) is 0.600. The number of rotatable bonds is 5. The van der Waals surface area contributed by atoms with Gasteiger partial charge in [-0.05, 0) is 44.5 Å². The molecule has 0 radical (unpaired) electrons. The normalized spacial score (nSPS) is 20.6. The lowest BCUT2D eigenvalue weighted by atomic mass is 10.1. The first kappa shape index (κ1) is 14.8. The van der Waals surface area contributed by atoms with Crippen LogP contribution in [0.4, 0.5) is 5.82 Å². The number of aromatic nitrogens is 1. The lowest BCUT2D eigenvalue weighted by Gasteiger charge is -2.34. The molecule has 1 aromatic heterocycles. The second-order valence-corrected chi connectivity index (χ2v) is 5.28. The molecule has 2 unspecified atom stereocenters. The van der Waals surface area contributed by atoms with Crippen LogP contribution in [-0.2, 0) is 4.79 Å². The predicted molar refractivity (Wildman–Crippen MR) is 80.8 cm³/mol. The van der Waals surface area contributed by atoms with Gasteiger partial charge in [-0.1, -0.05) is 6.92 Å². The van der Waals surface area contributed by atoms with E-state index in [4.69, 9.17) is 0 Å². The van der Waals surface area contributed by atoms with Crippen molar-refractivity contribution in [3.63, 3.8) is 0 Å². The largest absolute Gasteiger partial charge is 0.353 e. The maximum Gasteiger partial charge on any atom is 0.242 e. The van der Waals surface area contributed by atoms with E-state index in [2.05, 4.69) is 40.4 Å². The second kappa shape index (κ2) is 6.70. The first-order valence-corrected chi connectivity index (χ1v) is 7.37. The number of nitrogens with zero attached hydrogens (tertiary/aromatic N) is 2. The molecule has 1 aromatic rings. The Kier molecular flexibility index (Phi) is 4.95. The van der Waals surface area contributed by atoms with Crippen LogP contribution in [-0.4, -0.2) is 36.6 Å². The minimum Gasteiger partial charge on any atom is -0.353 e. The Labute approximate surface area is 120 Å². The highest BCUT2D eigenvalue weighted by Crippen LogP contribution is 2.20. The fourth-order valence-corrected chi connectivity index (χ4v) is 2.43. The van der Waals surface area contributed by atoms with Gasteiger partial charge in [-0.25, -0.2) is 4.98 Å². The molecule has 0 saturated carbocycles. The number of amides is 1. The van der Waals surface area contributed by atoms with Crippen molar-refractivity contribution in [2.45, 2.75) is 39.3 Å². The Bertz CT molecular complexity index is 463. The van der Waals surface area contributed by atoms with Gasteiger partial charge in [0.2, 0.25) is 5.91 Å². The summed E-state index contributed by atoms with van der Waals surface area (Å²) in [5.41, 5.74) is 1.21. The number of carbonyl (C=O) groups excluding carboxylic acids is 1. The van der Waals surface area contributed by atoms with E-state index in [0.717, 1.165) is 25.3 Å². The molecule has 1 amide bonds. The van der Waals surface area contributed by atoms with Gasteiger partial charge in [-0.15, -0.1) is 0 Å². The maximum absolute atomic E-state index is 11.7. The molecule has 0 spiro atoms. The number of hydrogen-bond donors (Lipinski definition) is 2. The van der Waals surface area contributed by atoms with Crippen molar-refractivity contribution in [2.75, 3.05) is 24.5 Å². The van der Waals surface area contributed by atoms with Crippen LogP contribution in [0, 0.1) is 0 Å². The van der Waals surface area contributed by atoms with E-state index < -0.39 is 0 Å². The Morgan fingerprint density at radius 2 is 2.40 bits per heavy atom. The van der Waals surface area contributed by atoms with Gasteiger partial charge in [-0.3, -0.25) is 4.79 Å². The molecule has 0 aliphatic carbocycles. The van der Waals surface area contributed by atoms with Gasteiger partial charge in [-0.2, -0.15) is 0 Å². The predicted octanol–water partition coefficient (Wildman–Crippen LogP) is 1.47. The van der Waals surface area contributed by atoms with Gasteiger partial charge in [0, 0.05) is 25.3 Å². The Morgan fingerprint density at radius 1 is 1.60 bits per heavy atom. The Morgan fingerprint density at radius 3 is 3.15 bits per heavy atom. The Hall–Kier alpha value is -1.62. The number of carbonyl (C=O) groups is 1. The molecule has 2 atom stereocenters. The molecular formula is C15H24N4O. The summed E-state index contributed by atoms with van der Waals surface area (Å²) in [6.07, 6.45) is 2.94. The van der Waals surface area contributed by atoms with Crippen molar-refractivity contribution in [3.8, 4) is 0 Å². The minimum atomic E-state index is -0.162. The molecule has 5 nitrogen and oxygen atoms in total. The van der Waals surface area contributed by atoms with E-state index in [9.17, 15) is 4.79 Å². The summed E-state index contributed by atoms with van der Waals surface area (Å²) in [5, 5.41) is 6.35. The highest BCUT2D eigenvalue weighted by atomic mass is 16.2. The van der Waals surface area contributed by atoms with Crippen LogP contribution in [0.3, 0.4) is 0 Å². The van der Waals surface area contributed by atoms with Crippen molar-refractivity contribution in [1.29, 1.82) is 0 Å². The van der Waals surface area contributed by atoms with Crippen LogP contribution >= 0.6 is 0 Å². The maximum atomic E-state index is 11.7. The topological polar surface area (TPSA) is 57.3 Å². The van der Waals surface area contributed by atoms with Gasteiger partial charge in [0.1, 0.15) is 11.9 Å². The van der Waals surface area contributed by atoms with Crippen LogP contribution < -0.4 is 15.5 Å². The molecular weight excluding hydrogens is 252 g/mol. The molecule has 1 saturated heterocycles. The number of hydrogen-bond acceptors (Lipinski definition) is 4. The standard InChI is InChI=1S/C15H24N4O/c1-4-6-16-11(2)13-5-7-17-14(10-13)19-9-8-18-15(20)12(19)3/h5,7,10-12,16H,4,6,8-9H2,1-3H3,(H,18,20). The molecule has 0 bridgehead atoms. The van der Waals surface area contributed by atoms with Crippen molar-refractivity contribution < 1.29 is 4.79 Å². The van der Waals surface area contributed by atoms with E-state index in [1.165, 1.54) is 5.56 Å². The molecule has 2 heterocycles. The first-order valence-electron chi connectivity index (χ1n) is 7.37. The van der Waals surface area contributed by atoms with Crippen LogP contribution in [0.15, 0.2) is 18.3 Å². The van der Waals surface area contributed by atoms with Crippen molar-refractivity contribution in [2.24, 2.45) is 0 Å². The molecule has 1 aliphatic heterocycles. The number of pyridine rings is 1. The SMILES string of the molecule is CCCNC(C)c1ccnc(N2CCNC(=O)C2C)c1. The monoisotopic (exact) mass is 276 g/mol. The van der Waals surface area contributed by atoms with E-state index >= 15 is 0 Å². The third-order valence-electron chi connectivity index (χ3n) is 3.76. The summed E-state index contributed by atoms with van der Waals surface area (Å²) in [5.74, 6) is 0.954. The van der Waals surface area contributed by atoms with Crippen LogP contribution in [0.5, 0.6) is 0 Å². The van der Waals surface area contributed by atoms with Crippen molar-refractivity contribution in [3.05, 3.63) is 23.9 Å². The van der Waals surface area contributed by atoms with E-state index in [1.54, 1.807) is 0 Å². The van der Waals surface area contributed by atoms with Gasteiger partial charge in [0.05, 0.1) is 0 Å². The lowest BCUT2D eigenvalue weighted by Crippen LogP contribution is -2.54. The zero-order valence-corrected chi connectivity index (χ0v) is 12.5. The summed E-state index contributed by atoms with van der Waals surface area (Å²) in [6.45, 7) is 8.72. The third-order valence-corrected chi connectivity index (χ3v) is 3.76. The smallest absolute Gasteiger partial charge is 0.242 e. The zero-order chi connectivity index (χ0) is 14.5. The van der Waals surface area contributed by atoms with E-state index in [-0.39, 0.29) is 11.9 Å². The van der Waals surface area contributed by atoms with Crippen LogP contribution in [0.2, 0.25) is 0 Å². The summed E-state index contributed by atoms with van der Waals surface area (Å²) in [6, 6.07) is 4.25. The minimum absolute atomic E-state index is 0.0700. The van der Waals surface area contributed by atoms with Crippen molar-refractivity contribution >= 4 is 11.7 Å². The zero-order valence-electron chi connectivity index (χ0n) is 12.5. The van der Waals surface area contributed by atoms with Gasteiger partial charge < -0.3 is 15.5 Å². The van der Waals surface area contributed by atoms with E-state index in [1.807, 2.05) is 19.2 Å². The molecule has 110 valence electrons. The second-order valence-electron chi connectivity index (χ2n) is 5.28. The molecule has 5 heteroatoms. The summed E-state index contributed by atoms with van der Waals surface area (Å²) in [7, 11) is 0. The quantitative estimate of drug-likeness (QED) is 0.855. The first-order chi connectivity index (χ1) is 9.63. The fourth-order valence-electron chi connectivity index (χ4n) is 2.43. The van der Waals surface area contributed by atoms with Crippen molar-refractivity contribution in [1.82, 2.24) is 15.6 Å². The number of nitrogens with one attached hydrogen (secondary N) is 2.